The molecule has 0 aliphatic carbocycles. The van der Waals surface area contributed by atoms with Crippen LogP contribution in [-0.2, 0) is 9.53 Å². The molecule has 0 radical (unpaired) electrons. The Morgan fingerprint density at radius 3 is 1.96 bits per heavy atom. The SMILES string of the molecule is CCCCCCCCCCCC(=O)OCC(C)(C)C=C(N)CCCCCN. The van der Waals surface area contributed by atoms with Gasteiger partial charge in [-0.3, -0.25) is 4.79 Å². The number of rotatable bonds is 18. The Hall–Kier alpha value is -1.03. The largest absolute Gasteiger partial charge is 0.465 e. The van der Waals surface area contributed by atoms with Gasteiger partial charge in [-0.2, -0.15) is 0 Å². The average Bonchev–Trinajstić information content (AvgIpc) is 2.62. The highest BCUT2D eigenvalue weighted by atomic mass is 16.5. The van der Waals surface area contributed by atoms with Crippen molar-refractivity contribution in [3.8, 4) is 0 Å². The van der Waals surface area contributed by atoms with Gasteiger partial charge in [0.1, 0.15) is 0 Å². The molecule has 4 nitrogen and oxygen atoms in total. The molecule has 27 heavy (non-hydrogen) atoms. The maximum Gasteiger partial charge on any atom is 0.305 e. The summed E-state index contributed by atoms with van der Waals surface area (Å²) in [6.45, 7) is 7.50. The van der Waals surface area contributed by atoms with Crippen molar-refractivity contribution >= 4 is 5.97 Å². The molecule has 0 aromatic rings. The number of hydrogen-bond acceptors (Lipinski definition) is 4. The number of carbonyl (C=O) groups is 1. The second-order valence-corrected chi connectivity index (χ2v) is 8.55. The first-order valence-electron chi connectivity index (χ1n) is 11.2. The van der Waals surface area contributed by atoms with Crippen molar-refractivity contribution in [3.63, 3.8) is 0 Å². The van der Waals surface area contributed by atoms with Gasteiger partial charge in [-0.05, 0) is 32.2 Å². The van der Waals surface area contributed by atoms with Crippen LogP contribution in [0.3, 0.4) is 0 Å². The molecule has 0 spiro atoms. The summed E-state index contributed by atoms with van der Waals surface area (Å²) in [6, 6.07) is 0. The Kier molecular flexibility index (Phi) is 16.4. The Morgan fingerprint density at radius 2 is 1.37 bits per heavy atom. The van der Waals surface area contributed by atoms with Crippen molar-refractivity contribution in [2.24, 2.45) is 16.9 Å². The highest BCUT2D eigenvalue weighted by molar-refractivity contribution is 5.69. The van der Waals surface area contributed by atoms with Crippen LogP contribution < -0.4 is 11.5 Å². The van der Waals surface area contributed by atoms with Crippen molar-refractivity contribution in [2.75, 3.05) is 13.2 Å². The van der Waals surface area contributed by atoms with Gasteiger partial charge in [-0.15, -0.1) is 0 Å². The van der Waals surface area contributed by atoms with Gasteiger partial charge in [0.2, 0.25) is 0 Å². The number of esters is 1. The third-order valence-corrected chi connectivity index (χ3v) is 4.84. The molecule has 0 rings (SSSR count). The molecule has 0 aliphatic rings. The summed E-state index contributed by atoms with van der Waals surface area (Å²) in [5, 5.41) is 0. The molecule has 0 unspecified atom stereocenters. The Balaban J connectivity index is 3.76. The monoisotopic (exact) mass is 382 g/mol. The standard InChI is InChI=1S/C23H46N2O2/c1-4-5-6-7-8-9-10-11-14-17-22(26)27-20-23(2,3)19-21(25)16-13-12-15-18-24/h19H,4-18,20,24-25H2,1-3H3. The Morgan fingerprint density at radius 1 is 0.852 bits per heavy atom. The van der Waals surface area contributed by atoms with Crippen LogP contribution in [0.2, 0.25) is 0 Å². The van der Waals surface area contributed by atoms with Crippen LogP contribution in [0.15, 0.2) is 11.8 Å². The molecule has 0 bridgehead atoms. The molecule has 0 aromatic heterocycles. The lowest BCUT2D eigenvalue weighted by Crippen LogP contribution is -2.21. The minimum Gasteiger partial charge on any atom is -0.465 e. The quantitative estimate of drug-likeness (QED) is 0.231. The predicted octanol–water partition coefficient (Wildman–Crippen LogP) is 5.84. The fourth-order valence-electron chi connectivity index (χ4n) is 3.18. The zero-order valence-electron chi connectivity index (χ0n) is 18.4. The van der Waals surface area contributed by atoms with Gasteiger partial charge < -0.3 is 16.2 Å². The van der Waals surface area contributed by atoms with Crippen molar-refractivity contribution in [1.29, 1.82) is 0 Å². The first kappa shape index (κ1) is 26.0. The van der Waals surface area contributed by atoms with Gasteiger partial charge in [0, 0.05) is 17.5 Å². The molecule has 0 saturated carbocycles. The summed E-state index contributed by atoms with van der Waals surface area (Å²) in [5.74, 6) is -0.0825. The number of carbonyl (C=O) groups excluding carboxylic acids is 1. The van der Waals surface area contributed by atoms with Crippen LogP contribution in [0, 0.1) is 5.41 Å². The van der Waals surface area contributed by atoms with Gasteiger partial charge in [0.05, 0.1) is 6.61 Å². The molecule has 4 heteroatoms. The van der Waals surface area contributed by atoms with Crippen LogP contribution in [0.5, 0.6) is 0 Å². The molecular formula is C23H46N2O2. The number of allylic oxidation sites excluding steroid dienone is 1. The fourth-order valence-corrected chi connectivity index (χ4v) is 3.18. The minimum atomic E-state index is -0.216. The van der Waals surface area contributed by atoms with Crippen LogP contribution >= 0.6 is 0 Å². The third-order valence-electron chi connectivity index (χ3n) is 4.84. The average molecular weight is 383 g/mol. The van der Waals surface area contributed by atoms with Gasteiger partial charge in [-0.25, -0.2) is 0 Å². The minimum absolute atomic E-state index is 0.0825. The summed E-state index contributed by atoms with van der Waals surface area (Å²) in [6.07, 6.45) is 18.0. The molecule has 0 atom stereocenters. The van der Waals surface area contributed by atoms with Crippen molar-refractivity contribution in [2.45, 2.75) is 111 Å². The molecule has 0 saturated heterocycles. The normalized spacial score (nSPS) is 12.4. The summed E-state index contributed by atoms with van der Waals surface area (Å²) in [4.78, 5) is 11.9. The van der Waals surface area contributed by atoms with E-state index in [1.165, 1.54) is 44.9 Å². The zero-order chi connectivity index (χ0) is 20.4. The van der Waals surface area contributed by atoms with E-state index in [0.29, 0.717) is 13.0 Å². The highest BCUT2D eigenvalue weighted by Crippen LogP contribution is 2.21. The van der Waals surface area contributed by atoms with Gasteiger partial charge in [0.25, 0.3) is 0 Å². The van der Waals surface area contributed by atoms with E-state index in [1.54, 1.807) is 0 Å². The van der Waals surface area contributed by atoms with E-state index in [-0.39, 0.29) is 11.4 Å². The van der Waals surface area contributed by atoms with Crippen LogP contribution in [0.1, 0.15) is 111 Å². The fraction of sp³-hybridized carbons (Fsp3) is 0.870. The number of hydrogen-bond donors (Lipinski definition) is 2. The van der Waals surface area contributed by atoms with Crippen LogP contribution in [0.4, 0.5) is 0 Å². The Bertz CT molecular complexity index is 392. The predicted molar refractivity (Wildman–Crippen MR) is 116 cm³/mol. The van der Waals surface area contributed by atoms with Crippen molar-refractivity contribution < 1.29 is 9.53 Å². The third kappa shape index (κ3) is 18.1. The zero-order valence-corrected chi connectivity index (χ0v) is 18.4. The first-order valence-corrected chi connectivity index (χ1v) is 11.2. The van der Waals surface area contributed by atoms with E-state index in [2.05, 4.69) is 20.8 Å². The molecule has 4 N–H and O–H groups in total. The molecule has 0 fully saturated rings. The first-order chi connectivity index (χ1) is 12.9. The molecule has 0 aromatic carbocycles. The van der Waals surface area contributed by atoms with Crippen molar-refractivity contribution in [1.82, 2.24) is 0 Å². The summed E-state index contributed by atoms with van der Waals surface area (Å²) >= 11 is 0. The lowest BCUT2D eigenvalue weighted by atomic mass is 9.92. The molecule has 0 heterocycles. The maximum atomic E-state index is 11.9. The van der Waals surface area contributed by atoms with Crippen LogP contribution in [-0.4, -0.2) is 19.1 Å². The molecule has 160 valence electrons. The van der Waals surface area contributed by atoms with E-state index < -0.39 is 0 Å². The molecule has 0 amide bonds. The topological polar surface area (TPSA) is 78.3 Å². The van der Waals surface area contributed by atoms with E-state index >= 15 is 0 Å². The number of nitrogens with two attached hydrogens (primary N) is 2. The molecule has 0 aliphatic heterocycles. The van der Waals surface area contributed by atoms with E-state index in [0.717, 1.165) is 50.8 Å². The van der Waals surface area contributed by atoms with E-state index in [1.807, 2.05) is 6.08 Å². The summed E-state index contributed by atoms with van der Waals surface area (Å²) in [5.41, 5.74) is 12.3. The van der Waals surface area contributed by atoms with Gasteiger partial charge in [-0.1, -0.05) is 84.6 Å². The number of ether oxygens (including phenoxy) is 1. The molecular weight excluding hydrogens is 336 g/mol. The van der Waals surface area contributed by atoms with Gasteiger partial charge >= 0.3 is 5.97 Å². The smallest absolute Gasteiger partial charge is 0.305 e. The number of unbranched alkanes of at least 4 members (excludes halogenated alkanes) is 10. The van der Waals surface area contributed by atoms with Crippen molar-refractivity contribution in [3.05, 3.63) is 11.8 Å². The van der Waals surface area contributed by atoms with Crippen LogP contribution in [0.25, 0.3) is 0 Å². The second-order valence-electron chi connectivity index (χ2n) is 8.55. The second kappa shape index (κ2) is 17.1. The van der Waals surface area contributed by atoms with E-state index in [4.69, 9.17) is 16.2 Å². The summed E-state index contributed by atoms with van der Waals surface area (Å²) < 4.78 is 5.47. The Labute approximate surface area is 168 Å². The maximum absolute atomic E-state index is 11.9. The lowest BCUT2D eigenvalue weighted by Gasteiger charge is -2.21. The van der Waals surface area contributed by atoms with E-state index in [9.17, 15) is 4.79 Å². The van der Waals surface area contributed by atoms with Gasteiger partial charge in [0.15, 0.2) is 0 Å². The summed E-state index contributed by atoms with van der Waals surface area (Å²) in [7, 11) is 0. The highest BCUT2D eigenvalue weighted by Gasteiger charge is 2.18. The lowest BCUT2D eigenvalue weighted by molar-refractivity contribution is -0.146.